The first-order valence-corrected chi connectivity index (χ1v) is 9.90. The summed E-state index contributed by atoms with van der Waals surface area (Å²) in [7, 11) is 0. The van der Waals surface area contributed by atoms with Gasteiger partial charge in [0.2, 0.25) is 0 Å². The maximum Gasteiger partial charge on any atom is 0.275 e. The summed E-state index contributed by atoms with van der Waals surface area (Å²) in [4.78, 5) is 12.6. The first-order valence-electron chi connectivity index (χ1n) is 8.31. The lowest BCUT2D eigenvalue weighted by Crippen LogP contribution is -2.19. The van der Waals surface area contributed by atoms with Gasteiger partial charge >= 0.3 is 0 Å². The Morgan fingerprint density at radius 1 is 1.04 bits per heavy atom. The lowest BCUT2D eigenvalue weighted by atomic mass is 10.2. The lowest BCUT2D eigenvalue weighted by molar-refractivity contribution is 0.0950. The molecule has 2 N–H and O–H groups in total. The quantitative estimate of drug-likeness (QED) is 0.356. The van der Waals surface area contributed by atoms with Crippen LogP contribution in [-0.2, 0) is 6.61 Å². The van der Waals surface area contributed by atoms with Crippen molar-refractivity contribution < 1.29 is 14.6 Å². The second-order valence-electron chi connectivity index (χ2n) is 5.82. The predicted molar refractivity (Wildman–Crippen MR) is 116 cm³/mol. The molecule has 3 aromatic rings. The molecule has 0 heterocycles. The molecule has 0 spiro atoms. The number of nitrogens with zero attached hydrogens (tertiary/aromatic N) is 1. The van der Waals surface area contributed by atoms with Gasteiger partial charge in [-0.3, -0.25) is 4.79 Å². The number of nitrogens with one attached hydrogen (secondary N) is 1. The Morgan fingerprint density at radius 2 is 1.75 bits per heavy atom. The van der Waals surface area contributed by atoms with Gasteiger partial charge in [0.25, 0.3) is 5.91 Å². The van der Waals surface area contributed by atoms with Gasteiger partial charge in [-0.15, -0.1) is 0 Å². The molecule has 0 aliphatic heterocycles. The standard InChI is InChI=1S/C21H16Br2N2O3/c22-16-6-8-19(26)15(10-16)12-24-25-21(27)18-11-17(23)7-9-20(18)28-13-14-4-2-1-3-5-14/h1-12,26H,13H2,(H,25,27). The van der Waals surface area contributed by atoms with E-state index < -0.39 is 5.91 Å². The number of carbonyl (C=O) groups excluding carboxylic acids is 1. The zero-order valence-electron chi connectivity index (χ0n) is 14.6. The Bertz CT molecular complexity index is 1010. The Morgan fingerprint density at radius 3 is 2.54 bits per heavy atom. The highest BCUT2D eigenvalue weighted by Gasteiger charge is 2.13. The number of rotatable bonds is 6. The van der Waals surface area contributed by atoms with Crippen LogP contribution < -0.4 is 10.2 Å². The molecule has 5 nitrogen and oxygen atoms in total. The molecule has 0 saturated heterocycles. The molecule has 0 fully saturated rings. The number of hydrogen-bond donors (Lipinski definition) is 2. The van der Waals surface area contributed by atoms with Gasteiger partial charge < -0.3 is 9.84 Å². The van der Waals surface area contributed by atoms with E-state index in [-0.39, 0.29) is 5.75 Å². The van der Waals surface area contributed by atoms with E-state index in [1.165, 1.54) is 12.3 Å². The number of phenols is 1. The highest BCUT2D eigenvalue weighted by molar-refractivity contribution is 9.10. The summed E-state index contributed by atoms with van der Waals surface area (Å²) in [5, 5.41) is 13.8. The minimum Gasteiger partial charge on any atom is -0.507 e. The van der Waals surface area contributed by atoms with Crippen LogP contribution in [0.25, 0.3) is 0 Å². The van der Waals surface area contributed by atoms with E-state index in [0.29, 0.717) is 23.5 Å². The minimum atomic E-state index is -0.421. The topological polar surface area (TPSA) is 70.9 Å². The largest absolute Gasteiger partial charge is 0.507 e. The Labute approximate surface area is 179 Å². The van der Waals surface area contributed by atoms with Crippen molar-refractivity contribution in [1.82, 2.24) is 5.43 Å². The van der Waals surface area contributed by atoms with Crippen LogP contribution in [-0.4, -0.2) is 17.2 Å². The van der Waals surface area contributed by atoms with Gasteiger partial charge in [0.15, 0.2) is 0 Å². The van der Waals surface area contributed by atoms with Crippen LogP contribution in [0.15, 0.2) is 80.8 Å². The number of carbonyl (C=O) groups is 1. The molecule has 0 radical (unpaired) electrons. The molecule has 142 valence electrons. The van der Waals surface area contributed by atoms with Crippen LogP contribution >= 0.6 is 31.9 Å². The number of hydrazone groups is 1. The third-order valence-electron chi connectivity index (χ3n) is 3.78. The molecule has 0 unspecified atom stereocenters. The summed E-state index contributed by atoms with van der Waals surface area (Å²) < 4.78 is 7.36. The van der Waals surface area contributed by atoms with Crippen LogP contribution in [0, 0.1) is 0 Å². The second kappa shape index (κ2) is 9.52. The summed E-state index contributed by atoms with van der Waals surface area (Å²) in [6.07, 6.45) is 1.38. The van der Waals surface area contributed by atoms with Crippen molar-refractivity contribution in [2.24, 2.45) is 5.10 Å². The van der Waals surface area contributed by atoms with Gasteiger partial charge in [0.1, 0.15) is 18.1 Å². The summed E-state index contributed by atoms with van der Waals surface area (Å²) in [5.74, 6) is 0.0932. The summed E-state index contributed by atoms with van der Waals surface area (Å²) in [6.45, 7) is 0.345. The van der Waals surface area contributed by atoms with E-state index in [9.17, 15) is 9.90 Å². The molecule has 28 heavy (non-hydrogen) atoms. The average Bonchev–Trinajstić information content (AvgIpc) is 2.70. The van der Waals surface area contributed by atoms with Crippen molar-refractivity contribution in [1.29, 1.82) is 0 Å². The van der Waals surface area contributed by atoms with Gasteiger partial charge in [-0.1, -0.05) is 62.2 Å². The molecular formula is C21H16Br2N2O3. The fourth-order valence-electron chi connectivity index (χ4n) is 2.39. The van der Waals surface area contributed by atoms with Gasteiger partial charge in [0, 0.05) is 14.5 Å². The lowest BCUT2D eigenvalue weighted by Gasteiger charge is -2.11. The molecule has 0 aliphatic rings. The second-order valence-corrected chi connectivity index (χ2v) is 7.65. The molecule has 0 atom stereocenters. The number of ether oxygens (including phenoxy) is 1. The van der Waals surface area contributed by atoms with E-state index in [1.807, 2.05) is 30.3 Å². The summed E-state index contributed by atoms with van der Waals surface area (Å²) in [6, 6.07) is 19.8. The third-order valence-corrected chi connectivity index (χ3v) is 4.77. The van der Waals surface area contributed by atoms with Crippen LogP contribution in [0.1, 0.15) is 21.5 Å². The molecule has 3 aromatic carbocycles. The van der Waals surface area contributed by atoms with Crippen LogP contribution in [0.2, 0.25) is 0 Å². The normalized spacial score (nSPS) is 10.8. The first kappa shape index (κ1) is 20.1. The first-order chi connectivity index (χ1) is 13.5. The van der Waals surface area contributed by atoms with E-state index in [4.69, 9.17) is 4.74 Å². The van der Waals surface area contributed by atoms with Gasteiger partial charge in [-0.25, -0.2) is 5.43 Å². The Balaban J connectivity index is 1.72. The molecule has 0 bridgehead atoms. The maximum absolute atomic E-state index is 12.6. The van der Waals surface area contributed by atoms with Crippen molar-refractivity contribution in [2.75, 3.05) is 0 Å². The highest BCUT2D eigenvalue weighted by Crippen LogP contribution is 2.24. The molecule has 1 amide bonds. The van der Waals surface area contributed by atoms with Gasteiger partial charge in [-0.05, 0) is 42.0 Å². The number of phenolic OH excluding ortho intramolecular Hbond substituents is 1. The fraction of sp³-hybridized carbons (Fsp3) is 0.0476. The van der Waals surface area contributed by atoms with E-state index >= 15 is 0 Å². The van der Waals surface area contributed by atoms with Crippen molar-refractivity contribution in [3.63, 3.8) is 0 Å². The fourth-order valence-corrected chi connectivity index (χ4v) is 3.13. The summed E-state index contributed by atoms with van der Waals surface area (Å²) in [5.41, 5.74) is 4.29. The molecule has 7 heteroatoms. The number of halogens is 2. The molecule has 0 aromatic heterocycles. The van der Waals surface area contributed by atoms with Gasteiger partial charge in [0.05, 0.1) is 11.8 Å². The number of benzene rings is 3. The number of hydrogen-bond acceptors (Lipinski definition) is 4. The van der Waals surface area contributed by atoms with E-state index in [2.05, 4.69) is 42.4 Å². The molecule has 0 saturated carbocycles. The maximum atomic E-state index is 12.6. The number of aromatic hydroxyl groups is 1. The third kappa shape index (κ3) is 5.43. The Kier molecular flexibility index (Phi) is 6.84. The van der Waals surface area contributed by atoms with Crippen LogP contribution in [0.3, 0.4) is 0 Å². The van der Waals surface area contributed by atoms with Crippen molar-refractivity contribution in [3.8, 4) is 11.5 Å². The monoisotopic (exact) mass is 502 g/mol. The molecule has 3 rings (SSSR count). The van der Waals surface area contributed by atoms with E-state index in [1.54, 1.807) is 30.3 Å². The zero-order chi connectivity index (χ0) is 19.9. The zero-order valence-corrected chi connectivity index (χ0v) is 17.8. The van der Waals surface area contributed by atoms with Crippen molar-refractivity contribution in [3.05, 3.63) is 92.4 Å². The van der Waals surface area contributed by atoms with Gasteiger partial charge in [-0.2, -0.15) is 5.10 Å². The highest BCUT2D eigenvalue weighted by atomic mass is 79.9. The van der Waals surface area contributed by atoms with E-state index in [0.717, 1.165) is 14.5 Å². The average molecular weight is 504 g/mol. The smallest absolute Gasteiger partial charge is 0.275 e. The molecule has 0 aliphatic carbocycles. The number of amides is 1. The van der Waals surface area contributed by atoms with Crippen LogP contribution in [0.4, 0.5) is 0 Å². The molecular weight excluding hydrogens is 488 g/mol. The minimum absolute atomic E-state index is 0.0653. The SMILES string of the molecule is O=C(NN=Cc1cc(Br)ccc1O)c1cc(Br)ccc1OCc1ccccc1. The predicted octanol–water partition coefficient (Wildman–Crippen LogP) is 5.26. The Hall–Kier alpha value is -2.64. The van der Waals surface area contributed by atoms with Crippen molar-refractivity contribution in [2.45, 2.75) is 6.61 Å². The summed E-state index contributed by atoms with van der Waals surface area (Å²) >= 11 is 6.70. The van der Waals surface area contributed by atoms with Crippen molar-refractivity contribution >= 4 is 44.0 Å². The van der Waals surface area contributed by atoms with Crippen LogP contribution in [0.5, 0.6) is 11.5 Å².